The third-order valence-corrected chi connectivity index (χ3v) is 6.29. The molecule has 3 aliphatic heterocycles. The van der Waals surface area contributed by atoms with Crippen LogP contribution in [0.2, 0.25) is 0 Å². The van der Waals surface area contributed by atoms with Gasteiger partial charge in [-0.25, -0.2) is 0 Å². The van der Waals surface area contributed by atoms with Gasteiger partial charge in [-0.05, 0) is 57.6 Å². The summed E-state index contributed by atoms with van der Waals surface area (Å²) in [6.45, 7) is 7.70. The minimum Gasteiger partial charge on any atom is -1.00 e. The number of nitrogens with zero attached hydrogens (tertiary/aromatic N) is 1. The van der Waals surface area contributed by atoms with Crippen LogP contribution in [0.5, 0.6) is 17.2 Å². The first-order valence-corrected chi connectivity index (χ1v) is 10.2. The number of quaternary nitrogens is 1. The van der Waals surface area contributed by atoms with Crippen LogP contribution in [0.1, 0.15) is 57.2 Å². The third kappa shape index (κ3) is 4.19. The summed E-state index contributed by atoms with van der Waals surface area (Å²) in [6.07, 6.45) is 4.15. The van der Waals surface area contributed by atoms with Crippen LogP contribution in [0.25, 0.3) is 0 Å². The maximum atomic E-state index is 6.38. The highest BCUT2D eigenvalue weighted by Gasteiger charge is 2.41. The molecule has 0 aliphatic carbocycles. The largest absolute Gasteiger partial charge is 1.00 e. The molecule has 6 heteroatoms. The second-order valence-electron chi connectivity index (χ2n) is 9.59. The Morgan fingerprint density at radius 3 is 2.62 bits per heavy atom. The van der Waals surface area contributed by atoms with Crippen molar-refractivity contribution in [2.75, 3.05) is 34.5 Å². The molecule has 0 bridgehead atoms. The van der Waals surface area contributed by atoms with E-state index in [0.29, 0.717) is 5.75 Å². The lowest BCUT2D eigenvalue weighted by atomic mass is 9.86. The average molecular weight is 513 g/mol. The molecule has 160 valence electrons. The summed E-state index contributed by atoms with van der Waals surface area (Å²) in [5.74, 6) is 9.38. The van der Waals surface area contributed by atoms with Crippen molar-refractivity contribution in [2.45, 2.75) is 63.7 Å². The summed E-state index contributed by atoms with van der Waals surface area (Å²) in [5.41, 5.74) is 1.84. The molecule has 0 saturated carbocycles. The van der Waals surface area contributed by atoms with Gasteiger partial charge in [0.15, 0.2) is 17.5 Å². The molecule has 0 spiro atoms. The summed E-state index contributed by atoms with van der Waals surface area (Å²) in [4.78, 5) is 0. The van der Waals surface area contributed by atoms with Crippen LogP contribution in [0.4, 0.5) is 0 Å². The minimum absolute atomic E-state index is 0. The van der Waals surface area contributed by atoms with Crippen molar-refractivity contribution in [3.05, 3.63) is 17.2 Å². The van der Waals surface area contributed by atoms with E-state index in [1.807, 2.05) is 0 Å². The number of hydrogen-bond donors (Lipinski definition) is 0. The normalized spacial score (nSPS) is 28.4. The first kappa shape index (κ1) is 22.5. The molecule has 2 atom stereocenters. The van der Waals surface area contributed by atoms with E-state index >= 15 is 0 Å². The number of likely N-dealkylation sites (N-methyl/N-ethyl adjacent to an activating group) is 1. The van der Waals surface area contributed by atoms with Crippen molar-refractivity contribution in [3.63, 3.8) is 0 Å². The summed E-state index contributed by atoms with van der Waals surface area (Å²) in [5, 5.41) is 0. The van der Waals surface area contributed by atoms with Gasteiger partial charge in [-0.15, -0.1) is 0 Å². The van der Waals surface area contributed by atoms with Crippen molar-refractivity contribution in [2.24, 2.45) is 0 Å². The highest BCUT2D eigenvalue weighted by Crippen LogP contribution is 2.50. The highest BCUT2D eigenvalue weighted by atomic mass is 127. The fourth-order valence-corrected chi connectivity index (χ4v) is 4.79. The Hall–Kier alpha value is -1.17. The molecule has 0 amide bonds. The molecule has 3 aliphatic rings. The van der Waals surface area contributed by atoms with E-state index in [1.165, 1.54) is 5.56 Å². The summed E-state index contributed by atoms with van der Waals surface area (Å²) in [7, 11) is 6.17. The number of hydrogen-bond acceptors (Lipinski definition) is 4. The Balaban J connectivity index is 0.00000240. The van der Waals surface area contributed by atoms with Gasteiger partial charge in [-0.3, -0.25) is 0 Å². The Morgan fingerprint density at radius 1 is 1.17 bits per heavy atom. The van der Waals surface area contributed by atoms with Crippen molar-refractivity contribution in [1.82, 2.24) is 0 Å². The Kier molecular flexibility index (Phi) is 6.07. The van der Waals surface area contributed by atoms with E-state index in [4.69, 9.17) is 18.9 Å². The number of ether oxygens (including phenoxy) is 4. The number of rotatable bonds is 1. The Labute approximate surface area is 191 Å². The van der Waals surface area contributed by atoms with Gasteiger partial charge < -0.3 is 47.4 Å². The molecule has 1 fully saturated rings. The lowest BCUT2D eigenvalue weighted by Crippen LogP contribution is -3.00. The molecule has 0 radical (unpaired) electrons. The third-order valence-electron chi connectivity index (χ3n) is 6.29. The molecule has 29 heavy (non-hydrogen) atoms. The molecule has 5 nitrogen and oxygen atoms in total. The Bertz CT molecular complexity index is 855. The van der Waals surface area contributed by atoms with Crippen LogP contribution in [-0.4, -0.2) is 50.2 Å². The van der Waals surface area contributed by atoms with E-state index in [9.17, 15) is 0 Å². The van der Waals surface area contributed by atoms with Gasteiger partial charge in [0, 0.05) is 6.42 Å². The lowest BCUT2D eigenvalue weighted by molar-refractivity contribution is -0.914. The molecule has 3 heterocycles. The van der Waals surface area contributed by atoms with Crippen LogP contribution in [0, 0.1) is 11.8 Å². The van der Waals surface area contributed by atoms with Gasteiger partial charge in [0.1, 0.15) is 5.60 Å². The number of halogens is 1. The minimum atomic E-state index is -0.414. The molecule has 1 aromatic carbocycles. The average Bonchev–Trinajstić information content (AvgIpc) is 3.05. The van der Waals surface area contributed by atoms with Crippen molar-refractivity contribution in [1.29, 1.82) is 0 Å². The van der Waals surface area contributed by atoms with Crippen molar-refractivity contribution in [3.8, 4) is 29.1 Å². The molecular formula is C23H32INO4. The smallest absolute Gasteiger partial charge is 0.231 e. The molecular weight excluding hydrogens is 481 g/mol. The summed E-state index contributed by atoms with van der Waals surface area (Å²) in [6, 6.07) is 2.11. The monoisotopic (exact) mass is 513 g/mol. The van der Waals surface area contributed by atoms with Gasteiger partial charge in [0.25, 0.3) is 0 Å². The topological polar surface area (TPSA) is 36.9 Å². The summed E-state index contributed by atoms with van der Waals surface area (Å²) >= 11 is 0. The SMILES string of the molecule is COc1c2c(cc3c1C(C#CC1(C)CCCC(C)(C)O1)[N+](C)(C)CC3)OCO2.[I-]. The number of fused-ring (bicyclic) bond motifs is 2. The number of benzene rings is 1. The maximum Gasteiger partial charge on any atom is 0.231 e. The van der Waals surface area contributed by atoms with Gasteiger partial charge in [0.05, 0.1) is 38.9 Å². The quantitative estimate of drug-likeness (QED) is 0.317. The van der Waals surface area contributed by atoms with E-state index in [0.717, 1.165) is 53.8 Å². The second kappa shape index (κ2) is 7.82. The van der Waals surface area contributed by atoms with Crippen LogP contribution in [0.15, 0.2) is 6.07 Å². The molecule has 0 N–H and O–H groups in total. The van der Waals surface area contributed by atoms with E-state index in [-0.39, 0.29) is 42.4 Å². The molecule has 4 rings (SSSR count). The fourth-order valence-electron chi connectivity index (χ4n) is 4.79. The number of methoxy groups -OCH3 is 1. The second-order valence-corrected chi connectivity index (χ2v) is 9.59. The first-order valence-electron chi connectivity index (χ1n) is 10.2. The maximum absolute atomic E-state index is 6.38. The van der Waals surface area contributed by atoms with Gasteiger partial charge in [0.2, 0.25) is 12.5 Å². The first-order chi connectivity index (χ1) is 13.1. The zero-order valence-electron chi connectivity index (χ0n) is 18.4. The van der Waals surface area contributed by atoms with E-state index in [1.54, 1.807) is 7.11 Å². The predicted octanol–water partition coefficient (Wildman–Crippen LogP) is 0.843. The van der Waals surface area contributed by atoms with Crippen LogP contribution in [-0.2, 0) is 11.2 Å². The van der Waals surface area contributed by atoms with Crippen LogP contribution >= 0.6 is 0 Å². The van der Waals surface area contributed by atoms with Crippen molar-refractivity contribution >= 4 is 0 Å². The van der Waals surface area contributed by atoms with Gasteiger partial charge in [-0.2, -0.15) is 0 Å². The summed E-state index contributed by atoms with van der Waals surface area (Å²) < 4.78 is 24.3. The molecule has 0 aromatic heterocycles. The predicted molar refractivity (Wildman–Crippen MR) is 108 cm³/mol. The Morgan fingerprint density at radius 2 is 1.93 bits per heavy atom. The molecule has 1 saturated heterocycles. The lowest BCUT2D eigenvalue weighted by Gasteiger charge is -2.42. The van der Waals surface area contributed by atoms with Crippen LogP contribution in [0.3, 0.4) is 0 Å². The standard InChI is InChI=1S/C23H32NO4.HI/c1-22(2)10-7-11-23(3,28-22)12-8-17-19-16(9-13-24(17,4)5)14-18-20(21(19)25-6)27-15-26-18;/h14,17H,7,9-11,13,15H2,1-6H3;1H/q+1;/p-1. The van der Waals surface area contributed by atoms with Gasteiger partial charge in [-0.1, -0.05) is 5.92 Å². The zero-order chi connectivity index (χ0) is 20.2. The van der Waals surface area contributed by atoms with E-state index < -0.39 is 5.60 Å². The van der Waals surface area contributed by atoms with E-state index in [2.05, 4.69) is 52.8 Å². The molecule has 2 unspecified atom stereocenters. The molecule has 1 aromatic rings. The van der Waals surface area contributed by atoms with Crippen LogP contribution < -0.4 is 38.2 Å². The van der Waals surface area contributed by atoms with Crippen molar-refractivity contribution < 1.29 is 47.4 Å². The van der Waals surface area contributed by atoms with Gasteiger partial charge >= 0.3 is 0 Å². The zero-order valence-corrected chi connectivity index (χ0v) is 20.5. The fraction of sp³-hybridized carbons (Fsp3) is 0.652. The highest BCUT2D eigenvalue weighted by molar-refractivity contribution is 5.62.